The molecular formula is C25H23ClN6O4. The summed E-state index contributed by atoms with van der Waals surface area (Å²) < 4.78 is 12.4. The lowest BCUT2D eigenvalue weighted by Crippen LogP contribution is -2.43. The zero-order valence-corrected chi connectivity index (χ0v) is 20.0. The Bertz CT molecular complexity index is 1530. The predicted octanol–water partition coefficient (Wildman–Crippen LogP) is 3.48. The summed E-state index contributed by atoms with van der Waals surface area (Å²) in [6, 6.07) is 11.7. The molecule has 1 amide bonds. The molecule has 10 nitrogen and oxygen atoms in total. The van der Waals surface area contributed by atoms with Crippen molar-refractivity contribution in [3.05, 3.63) is 69.3 Å². The standard InChI is InChI=1S/C25H23ClN6O4/c26-19-13-27-24-29-17-3-1-2-15(10-17)4-5-16-11-18(28-23(19)30-24)12-20-22(16)36-25(34)32(20)14-21(33)31-6-8-35-9-7-31/h1-3,10-13H,4-9,14H2,(H2,27,28,29,30). The molecule has 0 saturated carbocycles. The number of morpholine rings is 1. The molecule has 36 heavy (non-hydrogen) atoms. The molecule has 4 aromatic rings. The van der Waals surface area contributed by atoms with Crippen molar-refractivity contribution >= 4 is 51.7 Å². The second-order valence-electron chi connectivity index (χ2n) is 8.77. The van der Waals surface area contributed by atoms with Gasteiger partial charge in [-0.05, 0) is 48.2 Å². The van der Waals surface area contributed by atoms with Crippen molar-refractivity contribution in [2.45, 2.75) is 19.4 Å². The lowest BCUT2D eigenvalue weighted by molar-refractivity contribution is -0.135. The maximum Gasteiger partial charge on any atom is 0.420 e. The molecule has 2 aliphatic heterocycles. The highest BCUT2D eigenvalue weighted by molar-refractivity contribution is 6.32. The van der Waals surface area contributed by atoms with Gasteiger partial charge in [-0.3, -0.25) is 9.36 Å². The number of nitrogens with one attached hydrogen (secondary N) is 2. The highest BCUT2D eigenvalue weighted by atomic mass is 35.5. The van der Waals surface area contributed by atoms with Crippen molar-refractivity contribution in [1.29, 1.82) is 0 Å². The minimum Gasteiger partial charge on any atom is -0.407 e. The lowest BCUT2D eigenvalue weighted by Gasteiger charge is -2.26. The van der Waals surface area contributed by atoms with Gasteiger partial charge < -0.3 is 24.7 Å². The van der Waals surface area contributed by atoms with E-state index in [4.69, 9.17) is 20.8 Å². The molecule has 0 radical (unpaired) electrons. The Kier molecular flexibility index (Phi) is 5.82. The van der Waals surface area contributed by atoms with Gasteiger partial charge >= 0.3 is 5.76 Å². The van der Waals surface area contributed by atoms with Crippen LogP contribution in [0.25, 0.3) is 11.1 Å². The monoisotopic (exact) mass is 506 g/mol. The number of ether oxygens (including phenoxy) is 1. The Morgan fingerprint density at radius 2 is 1.94 bits per heavy atom. The van der Waals surface area contributed by atoms with Crippen LogP contribution in [-0.2, 0) is 28.9 Å². The van der Waals surface area contributed by atoms with Crippen LogP contribution < -0.4 is 16.4 Å². The minimum atomic E-state index is -0.570. The number of rotatable bonds is 2. The number of fused-ring (bicyclic) bond motifs is 8. The van der Waals surface area contributed by atoms with Crippen LogP contribution in [0.4, 0.5) is 23.1 Å². The van der Waals surface area contributed by atoms with Crippen LogP contribution in [0, 0.1) is 0 Å². The van der Waals surface area contributed by atoms with Gasteiger partial charge in [-0.1, -0.05) is 23.7 Å². The van der Waals surface area contributed by atoms with Crippen LogP contribution >= 0.6 is 11.6 Å². The highest BCUT2D eigenvalue weighted by Gasteiger charge is 2.22. The molecular weight excluding hydrogens is 484 g/mol. The van der Waals surface area contributed by atoms with Crippen LogP contribution in [0.5, 0.6) is 0 Å². The summed E-state index contributed by atoms with van der Waals surface area (Å²) in [5.74, 6) is 0.0903. The van der Waals surface area contributed by atoms with E-state index in [2.05, 4.69) is 20.6 Å². The van der Waals surface area contributed by atoms with Crippen LogP contribution in [0.3, 0.4) is 0 Å². The fraction of sp³-hybridized carbons (Fsp3) is 0.280. The van der Waals surface area contributed by atoms with E-state index >= 15 is 0 Å². The van der Waals surface area contributed by atoms with Crippen LogP contribution in [0.2, 0.25) is 5.02 Å². The Morgan fingerprint density at radius 3 is 2.81 bits per heavy atom. The van der Waals surface area contributed by atoms with Gasteiger partial charge in [-0.25, -0.2) is 9.78 Å². The summed E-state index contributed by atoms with van der Waals surface area (Å²) in [5, 5.41) is 6.81. The highest BCUT2D eigenvalue weighted by Crippen LogP contribution is 2.30. The molecule has 1 saturated heterocycles. The van der Waals surface area contributed by atoms with Crippen molar-refractivity contribution in [3.8, 4) is 0 Å². The van der Waals surface area contributed by atoms with Crippen LogP contribution in [-0.4, -0.2) is 51.6 Å². The minimum absolute atomic E-state index is 0.112. The first-order valence-electron chi connectivity index (χ1n) is 11.7. The molecule has 184 valence electrons. The molecule has 0 spiro atoms. The summed E-state index contributed by atoms with van der Waals surface area (Å²) in [4.78, 5) is 36.3. The average Bonchev–Trinajstić information content (AvgIpc) is 3.20. The van der Waals surface area contributed by atoms with Gasteiger partial charge in [0, 0.05) is 24.5 Å². The molecule has 0 aliphatic carbocycles. The molecule has 0 unspecified atom stereocenters. The number of hydrogen-bond acceptors (Lipinski definition) is 8. The maximum atomic E-state index is 12.9. The SMILES string of the molecule is O=C(Cn1c(=O)oc2c3cc(cc21)Nc1nc(ncc1Cl)Nc1cccc(c1)CC3)N1CCOCC1. The second kappa shape index (κ2) is 9.29. The predicted molar refractivity (Wildman–Crippen MR) is 135 cm³/mol. The van der Waals surface area contributed by atoms with E-state index in [9.17, 15) is 9.59 Å². The third-order valence-electron chi connectivity index (χ3n) is 6.38. The first-order chi connectivity index (χ1) is 17.5. The van der Waals surface area contributed by atoms with E-state index in [1.54, 1.807) is 11.0 Å². The van der Waals surface area contributed by atoms with E-state index in [0.29, 0.717) is 66.3 Å². The molecule has 2 aromatic carbocycles. The molecule has 0 atom stereocenters. The number of nitrogens with zero attached hydrogens (tertiary/aromatic N) is 4. The number of anilines is 4. The number of carbonyl (C=O) groups excluding carboxylic acids is 1. The largest absolute Gasteiger partial charge is 0.420 e. The number of oxazole rings is 1. The third kappa shape index (κ3) is 4.40. The molecule has 2 aliphatic rings. The average molecular weight is 507 g/mol. The lowest BCUT2D eigenvalue weighted by atomic mass is 10.0. The fourth-order valence-corrected chi connectivity index (χ4v) is 4.69. The van der Waals surface area contributed by atoms with E-state index in [1.807, 2.05) is 30.3 Å². The summed E-state index contributed by atoms with van der Waals surface area (Å²) in [6.07, 6.45) is 2.86. The van der Waals surface area contributed by atoms with Crippen molar-refractivity contribution in [2.75, 3.05) is 36.9 Å². The molecule has 11 heteroatoms. The Labute approximate surface area is 210 Å². The molecule has 2 N–H and O–H groups in total. The van der Waals surface area contributed by atoms with Crippen molar-refractivity contribution < 1.29 is 13.9 Å². The number of aryl methyl sites for hydroxylation is 2. The van der Waals surface area contributed by atoms with Gasteiger partial charge in [0.25, 0.3) is 0 Å². The Morgan fingerprint density at radius 1 is 1.08 bits per heavy atom. The number of amides is 1. The van der Waals surface area contributed by atoms with E-state index < -0.39 is 5.76 Å². The second-order valence-corrected chi connectivity index (χ2v) is 9.18. The summed E-state index contributed by atoms with van der Waals surface area (Å²) in [5.41, 5.74) is 4.48. The van der Waals surface area contributed by atoms with Crippen molar-refractivity contribution in [2.24, 2.45) is 0 Å². The topological polar surface area (TPSA) is 115 Å². The van der Waals surface area contributed by atoms with Gasteiger partial charge in [-0.2, -0.15) is 4.98 Å². The van der Waals surface area contributed by atoms with Crippen LogP contribution in [0.1, 0.15) is 11.1 Å². The van der Waals surface area contributed by atoms with Crippen LogP contribution in [0.15, 0.2) is 51.8 Å². The summed E-state index contributed by atoms with van der Waals surface area (Å²) >= 11 is 6.39. The zero-order chi connectivity index (χ0) is 24.6. The molecule has 1 fully saturated rings. The van der Waals surface area contributed by atoms with Gasteiger partial charge in [0.05, 0.1) is 24.9 Å². The molecule has 2 aromatic heterocycles. The zero-order valence-electron chi connectivity index (χ0n) is 19.3. The molecule has 4 heterocycles. The van der Waals surface area contributed by atoms with Crippen molar-refractivity contribution in [1.82, 2.24) is 19.4 Å². The molecule has 6 rings (SSSR count). The first kappa shape index (κ1) is 22.6. The summed E-state index contributed by atoms with van der Waals surface area (Å²) in [7, 11) is 0. The van der Waals surface area contributed by atoms with Gasteiger partial charge in [0.2, 0.25) is 11.9 Å². The smallest absolute Gasteiger partial charge is 0.407 e. The first-order valence-corrected chi connectivity index (χ1v) is 12.1. The fourth-order valence-electron chi connectivity index (χ4n) is 4.55. The summed E-state index contributed by atoms with van der Waals surface area (Å²) in [6.45, 7) is 1.87. The number of halogens is 1. The van der Waals surface area contributed by atoms with Gasteiger partial charge in [0.1, 0.15) is 11.6 Å². The van der Waals surface area contributed by atoms with E-state index in [-0.39, 0.29) is 12.5 Å². The Hall–Kier alpha value is -3.89. The van der Waals surface area contributed by atoms with Gasteiger partial charge in [0.15, 0.2) is 11.4 Å². The van der Waals surface area contributed by atoms with E-state index in [0.717, 1.165) is 23.2 Å². The quantitative estimate of drug-likeness (QED) is 0.424. The third-order valence-corrected chi connectivity index (χ3v) is 6.65. The molecule has 6 bridgehead atoms. The van der Waals surface area contributed by atoms with Gasteiger partial charge in [-0.15, -0.1) is 0 Å². The Balaban J connectivity index is 1.45. The normalized spacial score (nSPS) is 15.3. The van der Waals surface area contributed by atoms with E-state index in [1.165, 1.54) is 10.8 Å². The number of aromatic nitrogens is 3. The number of hydrogen-bond donors (Lipinski definition) is 2. The number of carbonyl (C=O) groups is 1. The maximum absolute atomic E-state index is 12.9. The number of benzene rings is 2. The van der Waals surface area contributed by atoms with Crippen molar-refractivity contribution in [3.63, 3.8) is 0 Å².